The summed E-state index contributed by atoms with van der Waals surface area (Å²) >= 11 is 3.47. The Morgan fingerprint density at radius 1 is 0.548 bits per heavy atom. The summed E-state index contributed by atoms with van der Waals surface area (Å²) in [6, 6.07) is 23.7. The summed E-state index contributed by atoms with van der Waals surface area (Å²) in [6.45, 7) is 0. The van der Waals surface area contributed by atoms with Crippen molar-refractivity contribution in [3.05, 3.63) is 140 Å². The lowest BCUT2D eigenvalue weighted by molar-refractivity contribution is 0.0746. The second-order valence-electron chi connectivity index (χ2n) is 7.67. The molecule has 0 radical (unpaired) electrons. The first-order valence-electron chi connectivity index (χ1n) is 9.72. The minimum absolute atomic E-state index is 0.407. The lowest BCUT2D eigenvalue weighted by Crippen LogP contribution is -2.44. The van der Waals surface area contributed by atoms with Gasteiger partial charge in [-0.15, -0.1) is 0 Å². The van der Waals surface area contributed by atoms with Gasteiger partial charge < -0.3 is 10.2 Å². The van der Waals surface area contributed by atoms with Crippen LogP contribution in [0, 0.1) is 11.6 Å². The van der Waals surface area contributed by atoms with E-state index in [9.17, 15) is 19.0 Å². The third-order valence-electron chi connectivity index (χ3n) is 5.99. The second kappa shape index (κ2) is 7.09. The van der Waals surface area contributed by atoms with Crippen molar-refractivity contribution in [2.24, 2.45) is 0 Å². The third kappa shape index (κ3) is 2.88. The fourth-order valence-corrected chi connectivity index (χ4v) is 4.90. The van der Waals surface area contributed by atoms with Gasteiger partial charge in [0.15, 0.2) is 0 Å². The summed E-state index contributed by atoms with van der Waals surface area (Å²) in [6.07, 6.45) is 0. The minimum atomic E-state index is -1.63. The van der Waals surface area contributed by atoms with Crippen molar-refractivity contribution < 1.29 is 19.0 Å². The molecule has 0 amide bonds. The van der Waals surface area contributed by atoms with Gasteiger partial charge in [-0.3, -0.25) is 0 Å². The van der Waals surface area contributed by atoms with E-state index in [4.69, 9.17) is 0 Å². The van der Waals surface area contributed by atoms with Crippen LogP contribution in [-0.4, -0.2) is 10.2 Å². The van der Waals surface area contributed by atoms with Crippen LogP contribution in [-0.2, 0) is 11.2 Å². The maximum Gasteiger partial charge on any atom is 0.141 e. The lowest BCUT2D eigenvalue weighted by Gasteiger charge is -2.45. The molecular weight excluding hydrogens is 462 g/mol. The first-order chi connectivity index (χ1) is 14.8. The van der Waals surface area contributed by atoms with Gasteiger partial charge in [-0.1, -0.05) is 70.5 Å². The number of halogens is 3. The molecule has 1 aliphatic rings. The van der Waals surface area contributed by atoms with Crippen LogP contribution in [0.15, 0.2) is 95.5 Å². The fourth-order valence-electron chi connectivity index (χ4n) is 4.54. The molecule has 154 valence electrons. The number of hydrogen-bond acceptors (Lipinski definition) is 2. The summed E-state index contributed by atoms with van der Waals surface area (Å²) < 4.78 is 28.0. The molecule has 2 N–H and O–H groups in total. The third-order valence-corrected chi connectivity index (χ3v) is 6.49. The van der Waals surface area contributed by atoms with E-state index in [1.165, 1.54) is 24.3 Å². The van der Waals surface area contributed by atoms with Crippen LogP contribution in [0.2, 0.25) is 0 Å². The molecule has 2 atom stereocenters. The highest BCUT2D eigenvalue weighted by molar-refractivity contribution is 9.10. The number of aliphatic hydroxyl groups is 2. The van der Waals surface area contributed by atoms with Gasteiger partial charge in [-0.2, -0.15) is 0 Å². The minimum Gasteiger partial charge on any atom is -0.376 e. The zero-order valence-corrected chi connectivity index (χ0v) is 17.8. The van der Waals surface area contributed by atoms with Crippen LogP contribution in [0.4, 0.5) is 8.78 Å². The largest absolute Gasteiger partial charge is 0.376 e. The van der Waals surface area contributed by atoms with Crippen molar-refractivity contribution in [3.63, 3.8) is 0 Å². The molecule has 2 nitrogen and oxygen atoms in total. The molecule has 0 saturated carbocycles. The molecule has 5 rings (SSSR count). The molecule has 2 unspecified atom stereocenters. The first-order valence-corrected chi connectivity index (χ1v) is 10.5. The second-order valence-corrected chi connectivity index (χ2v) is 8.59. The van der Waals surface area contributed by atoms with Crippen LogP contribution in [0.1, 0.15) is 33.4 Å². The highest BCUT2D eigenvalue weighted by Gasteiger charge is 2.50. The lowest BCUT2D eigenvalue weighted by atomic mass is 9.63. The van der Waals surface area contributed by atoms with Gasteiger partial charge in [-0.25, -0.2) is 8.78 Å². The Morgan fingerprint density at radius 3 is 1.45 bits per heavy atom. The normalized spacial score (nSPS) is 22.0. The van der Waals surface area contributed by atoms with Crippen molar-refractivity contribution in [3.8, 4) is 0 Å². The van der Waals surface area contributed by atoms with Gasteiger partial charge in [0.05, 0.1) is 0 Å². The summed E-state index contributed by atoms with van der Waals surface area (Å²) in [5, 5.41) is 24.3. The van der Waals surface area contributed by atoms with Crippen molar-refractivity contribution in [2.45, 2.75) is 11.2 Å². The Kier molecular flexibility index (Phi) is 4.59. The topological polar surface area (TPSA) is 40.5 Å². The molecule has 0 heterocycles. The Balaban J connectivity index is 1.89. The van der Waals surface area contributed by atoms with Crippen LogP contribution in [0.25, 0.3) is 0 Å². The van der Waals surface area contributed by atoms with E-state index >= 15 is 0 Å². The Labute approximate surface area is 186 Å². The molecule has 0 spiro atoms. The van der Waals surface area contributed by atoms with Crippen LogP contribution in [0.3, 0.4) is 0 Å². The summed E-state index contributed by atoms with van der Waals surface area (Å²) in [5.74, 6) is -0.816. The van der Waals surface area contributed by atoms with Crippen molar-refractivity contribution in [1.82, 2.24) is 0 Å². The number of hydrogen-bond donors (Lipinski definition) is 2. The van der Waals surface area contributed by atoms with Crippen molar-refractivity contribution in [1.29, 1.82) is 0 Å². The average molecular weight is 479 g/mol. The van der Waals surface area contributed by atoms with Crippen LogP contribution < -0.4 is 0 Å². The van der Waals surface area contributed by atoms with Gasteiger partial charge in [0, 0.05) is 10.0 Å². The summed E-state index contributed by atoms with van der Waals surface area (Å²) in [4.78, 5) is 0. The highest BCUT2D eigenvalue weighted by atomic mass is 79.9. The van der Waals surface area contributed by atoms with E-state index in [1.807, 2.05) is 0 Å². The standard InChI is InChI=1S/C26H17BrF2O2/c27-18-9-14-23-24(15-18)26(31,17-7-12-20(29)13-8-17)22-4-2-1-3-21(22)25(23,30)16-5-10-19(28)11-6-16/h1-15,30-31H. The van der Waals surface area contributed by atoms with Crippen LogP contribution in [0.5, 0.6) is 0 Å². The van der Waals surface area contributed by atoms with E-state index in [0.29, 0.717) is 37.9 Å². The number of fused-ring (bicyclic) bond motifs is 2. The molecule has 4 aromatic carbocycles. The van der Waals surface area contributed by atoms with E-state index < -0.39 is 22.8 Å². The average Bonchev–Trinajstić information content (AvgIpc) is 2.78. The zero-order valence-electron chi connectivity index (χ0n) is 16.2. The predicted octanol–water partition coefficient (Wildman–Crippen LogP) is 5.61. The molecule has 0 saturated heterocycles. The van der Waals surface area contributed by atoms with Gasteiger partial charge in [0.1, 0.15) is 22.8 Å². The molecule has 0 bridgehead atoms. The van der Waals surface area contributed by atoms with E-state index in [-0.39, 0.29) is 0 Å². The van der Waals surface area contributed by atoms with E-state index in [1.54, 1.807) is 66.7 Å². The fraction of sp³-hybridized carbons (Fsp3) is 0.0769. The molecule has 0 aliphatic heterocycles. The quantitative estimate of drug-likeness (QED) is 0.393. The smallest absolute Gasteiger partial charge is 0.141 e. The number of rotatable bonds is 2. The monoisotopic (exact) mass is 478 g/mol. The molecule has 0 fully saturated rings. The van der Waals surface area contributed by atoms with Gasteiger partial charge in [0.2, 0.25) is 0 Å². The maximum atomic E-state index is 13.7. The molecular formula is C26H17BrF2O2. The summed E-state index contributed by atoms with van der Waals surface area (Å²) in [7, 11) is 0. The maximum absolute atomic E-state index is 13.7. The summed E-state index contributed by atoms with van der Waals surface area (Å²) in [5.41, 5.74) is -0.426. The molecule has 5 heteroatoms. The van der Waals surface area contributed by atoms with Gasteiger partial charge in [-0.05, 0) is 64.2 Å². The Morgan fingerprint density at radius 2 is 0.968 bits per heavy atom. The zero-order chi connectivity index (χ0) is 21.8. The van der Waals surface area contributed by atoms with E-state index in [2.05, 4.69) is 15.9 Å². The van der Waals surface area contributed by atoms with E-state index in [0.717, 1.165) is 0 Å². The van der Waals surface area contributed by atoms with Crippen LogP contribution >= 0.6 is 15.9 Å². The van der Waals surface area contributed by atoms with Gasteiger partial charge in [0.25, 0.3) is 0 Å². The number of benzene rings is 4. The SMILES string of the molecule is OC1(c2ccc(F)cc2)c2ccccc2C(O)(c2ccc(F)cc2)c2cc(Br)ccc21. The van der Waals surface area contributed by atoms with Crippen molar-refractivity contribution in [2.75, 3.05) is 0 Å². The highest BCUT2D eigenvalue weighted by Crippen LogP contribution is 2.53. The Hall–Kier alpha value is -2.86. The first kappa shape index (κ1) is 20.1. The molecule has 0 aromatic heterocycles. The van der Waals surface area contributed by atoms with Crippen molar-refractivity contribution >= 4 is 15.9 Å². The Bertz CT molecular complexity index is 1290. The molecule has 1 aliphatic carbocycles. The molecule has 4 aromatic rings. The molecule has 31 heavy (non-hydrogen) atoms. The van der Waals surface area contributed by atoms with Gasteiger partial charge >= 0.3 is 0 Å². The predicted molar refractivity (Wildman–Crippen MR) is 118 cm³/mol.